The van der Waals surface area contributed by atoms with Crippen molar-refractivity contribution >= 4 is 40.5 Å². The largest absolute Gasteiger partial charge is 0.341 e. The van der Waals surface area contributed by atoms with E-state index in [1.165, 1.54) is 11.8 Å². The summed E-state index contributed by atoms with van der Waals surface area (Å²) in [6.07, 6.45) is 5.06. The highest BCUT2D eigenvalue weighted by Crippen LogP contribution is 2.29. The van der Waals surface area contributed by atoms with Gasteiger partial charge in [-0.1, -0.05) is 66.4 Å². The van der Waals surface area contributed by atoms with Crippen molar-refractivity contribution in [2.45, 2.75) is 6.54 Å². The Balaban J connectivity index is 1.52. The van der Waals surface area contributed by atoms with E-state index >= 15 is 0 Å². The molecule has 0 fully saturated rings. The van der Waals surface area contributed by atoms with E-state index in [-0.39, 0.29) is 17.6 Å². The second-order valence-corrected chi connectivity index (χ2v) is 8.15. The monoisotopic (exact) mass is 442 g/mol. The van der Waals surface area contributed by atoms with Gasteiger partial charge in [0.15, 0.2) is 5.17 Å². The molecule has 6 nitrogen and oxygen atoms in total. The summed E-state index contributed by atoms with van der Waals surface area (Å²) in [6, 6.07) is 22.8. The van der Waals surface area contributed by atoms with Gasteiger partial charge in [0.1, 0.15) is 5.70 Å². The minimum absolute atomic E-state index is 0.0355. The van der Waals surface area contributed by atoms with Crippen molar-refractivity contribution in [1.29, 1.82) is 0 Å². The maximum absolute atomic E-state index is 13.2. The smallest absolute Gasteiger partial charge is 0.283 e. The summed E-state index contributed by atoms with van der Waals surface area (Å²) in [4.78, 5) is 37.8. The molecule has 0 saturated heterocycles. The number of amides is 2. The molecule has 1 aromatic heterocycles. The molecule has 2 amide bonds. The van der Waals surface area contributed by atoms with Crippen LogP contribution in [-0.2, 0) is 16.1 Å². The highest BCUT2D eigenvalue weighted by atomic mass is 32.2. The number of pyridine rings is 1. The van der Waals surface area contributed by atoms with Gasteiger partial charge in [-0.2, -0.15) is 0 Å². The third-order valence-corrected chi connectivity index (χ3v) is 5.77. The van der Waals surface area contributed by atoms with E-state index in [1.807, 2.05) is 66.7 Å². The van der Waals surface area contributed by atoms with Crippen molar-refractivity contribution in [2.75, 3.05) is 17.7 Å². The number of anilines is 1. The van der Waals surface area contributed by atoms with E-state index in [0.717, 1.165) is 11.1 Å². The van der Waals surface area contributed by atoms with Gasteiger partial charge in [-0.3, -0.25) is 19.5 Å². The van der Waals surface area contributed by atoms with E-state index in [9.17, 15) is 9.59 Å². The predicted octanol–water partition coefficient (Wildman–Crippen LogP) is 4.22. The molecule has 0 spiro atoms. The quantitative estimate of drug-likeness (QED) is 0.536. The Labute approximate surface area is 191 Å². The van der Waals surface area contributed by atoms with E-state index in [2.05, 4.69) is 9.98 Å². The number of thioether (sulfide) groups is 1. The Bertz CT molecular complexity index is 1150. The van der Waals surface area contributed by atoms with Crippen molar-refractivity contribution in [3.8, 4) is 0 Å². The van der Waals surface area contributed by atoms with Crippen molar-refractivity contribution in [3.63, 3.8) is 0 Å². The zero-order valence-corrected chi connectivity index (χ0v) is 18.4. The van der Waals surface area contributed by atoms with Gasteiger partial charge in [-0.25, -0.2) is 4.99 Å². The molecule has 0 unspecified atom stereocenters. The van der Waals surface area contributed by atoms with Gasteiger partial charge in [0, 0.05) is 26.0 Å². The molecule has 1 aliphatic rings. The van der Waals surface area contributed by atoms with Crippen LogP contribution in [0, 0.1) is 0 Å². The molecular formula is C25H22N4O2S. The van der Waals surface area contributed by atoms with Crippen molar-refractivity contribution in [1.82, 2.24) is 9.88 Å². The van der Waals surface area contributed by atoms with E-state index < -0.39 is 0 Å². The Morgan fingerprint density at radius 3 is 2.44 bits per heavy atom. The van der Waals surface area contributed by atoms with Gasteiger partial charge in [-0.15, -0.1) is 0 Å². The minimum Gasteiger partial charge on any atom is -0.341 e. The van der Waals surface area contributed by atoms with Gasteiger partial charge in [0.05, 0.1) is 11.4 Å². The zero-order valence-electron chi connectivity index (χ0n) is 17.6. The molecule has 0 atom stereocenters. The number of benzene rings is 2. The molecule has 2 aromatic carbocycles. The number of hydrogen-bond acceptors (Lipinski definition) is 5. The molecule has 0 radical (unpaired) electrons. The number of nitrogens with zero attached hydrogens (tertiary/aromatic N) is 4. The molecule has 0 N–H and O–H groups in total. The van der Waals surface area contributed by atoms with Gasteiger partial charge in [0.25, 0.3) is 5.91 Å². The number of hydrogen-bond donors (Lipinski definition) is 0. The highest BCUT2D eigenvalue weighted by molar-refractivity contribution is 8.14. The average molecular weight is 443 g/mol. The van der Waals surface area contributed by atoms with Crippen LogP contribution >= 0.6 is 11.8 Å². The van der Waals surface area contributed by atoms with Gasteiger partial charge >= 0.3 is 0 Å². The molecule has 0 bridgehead atoms. The summed E-state index contributed by atoms with van der Waals surface area (Å²) in [6.45, 7) is 0.528. The fourth-order valence-electron chi connectivity index (χ4n) is 3.20. The lowest BCUT2D eigenvalue weighted by Gasteiger charge is -2.20. The Morgan fingerprint density at radius 1 is 1.03 bits per heavy atom. The van der Waals surface area contributed by atoms with Crippen LogP contribution in [0.2, 0.25) is 0 Å². The normalized spacial score (nSPS) is 14.5. The fraction of sp³-hybridized carbons (Fsp3) is 0.120. The summed E-state index contributed by atoms with van der Waals surface area (Å²) >= 11 is 1.26. The Morgan fingerprint density at radius 2 is 1.75 bits per heavy atom. The molecule has 0 saturated carbocycles. The zero-order chi connectivity index (χ0) is 22.3. The lowest BCUT2D eigenvalue weighted by molar-refractivity contribution is -0.127. The van der Waals surface area contributed by atoms with Crippen LogP contribution in [0.1, 0.15) is 11.1 Å². The summed E-state index contributed by atoms with van der Waals surface area (Å²) in [7, 11) is 1.78. The standard InChI is InChI=1S/C25H22N4O2S/c1-28(17-19-9-4-2-5-10-19)23(30)18-32-25-27-22(15-20-11-8-14-26-16-20)24(31)29(25)21-12-6-3-7-13-21/h2-16H,17-18H2,1H3/b22-15+. The number of rotatable bonds is 6. The fourth-order valence-corrected chi connectivity index (χ4v) is 4.15. The third kappa shape index (κ3) is 5.12. The third-order valence-electron chi connectivity index (χ3n) is 4.84. The van der Waals surface area contributed by atoms with Crippen LogP contribution in [0.25, 0.3) is 6.08 Å². The first-order valence-corrected chi connectivity index (χ1v) is 11.1. The molecule has 160 valence electrons. The van der Waals surface area contributed by atoms with Crippen LogP contribution < -0.4 is 4.90 Å². The molecule has 32 heavy (non-hydrogen) atoms. The summed E-state index contributed by atoms with van der Waals surface area (Å²) < 4.78 is 0. The van der Waals surface area contributed by atoms with Crippen LogP contribution in [-0.4, -0.2) is 39.7 Å². The lowest BCUT2D eigenvalue weighted by Crippen LogP contribution is -2.32. The first kappa shape index (κ1) is 21.5. The number of carbonyl (C=O) groups is 2. The van der Waals surface area contributed by atoms with Crippen LogP contribution in [0.5, 0.6) is 0 Å². The maximum Gasteiger partial charge on any atom is 0.283 e. The first-order valence-electron chi connectivity index (χ1n) is 10.1. The van der Waals surface area contributed by atoms with Crippen molar-refractivity contribution in [2.24, 2.45) is 4.99 Å². The summed E-state index contributed by atoms with van der Waals surface area (Å²) in [5, 5.41) is 0.484. The van der Waals surface area contributed by atoms with Crippen LogP contribution in [0.4, 0.5) is 5.69 Å². The van der Waals surface area contributed by atoms with E-state index in [0.29, 0.717) is 23.1 Å². The summed E-state index contributed by atoms with van der Waals surface area (Å²) in [5.41, 5.74) is 2.88. The summed E-state index contributed by atoms with van der Waals surface area (Å²) in [5.74, 6) is -0.0850. The second kappa shape index (κ2) is 10.1. The van der Waals surface area contributed by atoms with Crippen LogP contribution in [0.15, 0.2) is 95.9 Å². The van der Waals surface area contributed by atoms with Gasteiger partial charge in [-0.05, 0) is 35.4 Å². The molecular weight excluding hydrogens is 420 g/mol. The molecule has 4 rings (SSSR count). The second-order valence-electron chi connectivity index (χ2n) is 7.21. The molecule has 1 aliphatic heterocycles. The van der Waals surface area contributed by atoms with Crippen molar-refractivity contribution in [3.05, 3.63) is 102 Å². The minimum atomic E-state index is -0.229. The van der Waals surface area contributed by atoms with Gasteiger partial charge < -0.3 is 4.90 Å². The number of carbonyl (C=O) groups excluding carboxylic acids is 2. The molecule has 3 aromatic rings. The maximum atomic E-state index is 13.2. The van der Waals surface area contributed by atoms with Gasteiger partial charge in [0.2, 0.25) is 5.91 Å². The highest BCUT2D eigenvalue weighted by Gasteiger charge is 2.32. The number of aromatic nitrogens is 1. The molecule has 2 heterocycles. The van der Waals surface area contributed by atoms with Crippen LogP contribution in [0.3, 0.4) is 0 Å². The number of aliphatic imine (C=N–C) groups is 1. The van der Waals surface area contributed by atoms with Crippen molar-refractivity contribution < 1.29 is 9.59 Å². The average Bonchev–Trinajstić information content (AvgIpc) is 3.14. The molecule has 0 aliphatic carbocycles. The predicted molar refractivity (Wildman–Crippen MR) is 129 cm³/mol. The van der Waals surface area contributed by atoms with E-state index in [1.54, 1.807) is 41.4 Å². The lowest BCUT2D eigenvalue weighted by atomic mass is 10.2. The first-order chi connectivity index (χ1) is 15.6. The Hall–Kier alpha value is -3.71. The SMILES string of the molecule is CN(Cc1ccccc1)C(=O)CSC1=N/C(=C/c2cccnc2)C(=O)N1c1ccccc1. The topological polar surface area (TPSA) is 65.9 Å². The molecule has 7 heteroatoms. The Kier molecular flexibility index (Phi) is 6.77. The number of amidine groups is 1. The number of para-hydroxylation sites is 1. The van der Waals surface area contributed by atoms with E-state index in [4.69, 9.17) is 0 Å².